The molecule has 0 radical (unpaired) electrons. The second kappa shape index (κ2) is 9.67. The molecule has 3 aromatic rings. The highest BCUT2D eigenvalue weighted by atomic mass is 32.2. The van der Waals surface area contributed by atoms with E-state index in [1.165, 1.54) is 0 Å². The highest BCUT2D eigenvalue weighted by Gasteiger charge is 2.15. The van der Waals surface area contributed by atoms with Crippen LogP contribution in [0.1, 0.15) is 36.7 Å². The number of H-pyrrole nitrogens is 1. The van der Waals surface area contributed by atoms with Gasteiger partial charge in [0, 0.05) is 24.4 Å². The molecule has 3 N–H and O–H groups in total. The first-order valence-electron chi connectivity index (χ1n) is 9.72. The maximum atomic E-state index is 12.2. The Labute approximate surface area is 180 Å². The maximum Gasteiger partial charge on any atom is 0.407 e. The SMILES string of the molecule is CC(C)(C)OC(=O)NCCNC(=O)c1ccc(CSc2nc3ccccc3[nH]2)cc1. The number of carbonyl (C=O) groups excluding carboxylic acids is 2. The number of nitrogens with one attached hydrogen (secondary N) is 3. The normalized spacial score (nSPS) is 11.3. The van der Waals surface area contributed by atoms with E-state index in [0.29, 0.717) is 18.7 Å². The second-order valence-corrected chi connectivity index (χ2v) is 8.69. The van der Waals surface area contributed by atoms with Gasteiger partial charge in [0.15, 0.2) is 5.16 Å². The van der Waals surface area contributed by atoms with E-state index in [1.54, 1.807) is 44.7 Å². The number of rotatable bonds is 7. The zero-order valence-electron chi connectivity index (χ0n) is 17.3. The van der Waals surface area contributed by atoms with E-state index in [4.69, 9.17) is 4.74 Å². The smallest absolute Gasteiger partial charge is 0.407 e. The Hall–Kier alpha value is -3.00. The van der Waals surface area contributed by atoms with Gasteiger partial charge in [-0.3, -0.25) is 4.79 Å². The molecular weight excluding hydrogens is 400 g/mol. The summed E-state index contributed by atoms with van der Waals surface area (Å²) in [7, 11) is 0. The number of imidazole rings is 1. The quantitative estimate of drug-likeness (QED) is 0.390. The number of thioether (sulfide) groups is 1. The molecule has 0 atom stereocenters. The van der Waals surface area contributed by atoms with Crippen molar-refractivity contribution in [2.75, 3.05) is 13.1 Å². The summed E-state index contributed by atoms with van der Waals surface area (Å²) in [6, 6.07) is 15.4. The molecule has 3 rings (SSSR count). The molecule has 7 nitrogen and oxygen atoms in total. The zero-order chi connectivity index (χ0) is 21.6. The minimum atomic E-state index is -0.544. The molecule has 0 unspecified atom stereocenters. The van der Waals surface area contributed by atoms with Gasteiger partial charge >= 0.3 is 6.09 Å². The summed E-state index contributed by atoms with van der Waals surface area (Å²) in [5.74, 6) is 0.569. The summed E-state index contributed by atoms with van der Waals surface area (Å²) in [6.07, 6.45) is -0.497. The molecule has 30 heavy (non-hydrogen) atoms. The lowest BCUT2D eigenvalue weighted by Crippen LogP contribution is -2.37. The molecule has 2 aromatic carbocycles. The first kappa shape index (κ1) is 21.7. The summed E-state index contributed by atoms with van der Waals surface area (Å²) >= 11 is 1.62. The molecule has 0 aliphatic carbocycles. The van der Waals surface area contributed by atoms with Gasteiger partial charge in [-0.05, 0) is 50.6 Å². The number of nitrogens with zero attached hydrogens (tertiary/aromatic N) is 1. The molecule has 0 saturated heterocycles. The Morgan fingerprint density at radius 1 is 1.03 bits per heavy atom. The number of hydrogen-bond acceptors (Lipinski definition) is 5. The van der Waals surface area contributed by atoms with Crippen LogP contribution in [-0.2, 0) is 10.5 Å². The molecule has 0 bridgehead atoms. The fourth-order valence-corrected chi connectivity index (χ4v) is 3.50. The van der Waals surface area contributed by atoms with Crippen LogP contribution in [0.3, 0.4) is 0 Å². The number of amides is 2. The predicted molar refractivity (Wildman–Crippen MR) is 119 cm³/mol. The molecular formula is C22H26N4O3S. The van der Waals surface area contributed by atoms with E-state index in [-0.39, 0.29) is 5.91 Å². The highest BCUT2D eigenvalue weighted by Crippen LogP contribution is 2.23. The molecule has 158 valence electrons. The molecule has 2 amide bonds. The Kier molecular flexibility index (Phi) is 6.99. The van der Waals surface area contributed by atoms with Crippen LogP contribution in [0.5, 0.6) is 0 Å². The van der Waals surface area contributed by atoms with E-state index in [1.807, 2.05) is 36.4 Å². The van der Waals surface area contributed by atoms with E-state index >= 15 is 0 Å². The number of para-hydroxylation sites is 2. The van der Waals surface area contributed by atoms with Crippen molar-refractivity contribution in [1.29, 1.82) is 0 Å². The minimum absolute atomic E-state index is 0.183. The largest absolute Gasteiger partial charge is 0.444 e. The molecule has 1 heterocycles. The van der Waals surface area contributed by atoms with E-state index in [9.17, 15) is 9.59 Å². The van der Waals surface area contributed by atoms with Crippen molar-refractivity contribution in [2.24, 2.45) is 0 Å². The van der Waals surface area contributed by atoms with Gasteiger partial charge in [-0.1, -0.05) is 36.0 Å². The Morgan fingerprint density at radius 3 is 2.43 bits per heavy atom. The summed E-state index contributed by atoms with van der Waals surface area (Å²) in [5.41, 5.74) is 3.10. The van der Waals surface area contributed by atoms with E-state index < -0.39 is 11.7 Å². The third-order valence-electron chi connectivity index (χ3n) is 4.04. The topological polar surface area (TPSA) is 96.1 Å². The predicted octanol–water partition coefficient (Wildman–Crippen LogP) is 4.11. The van der Waals surface area contributed by atoms with Crippen LogP contribution in [-0.4, -0.2) is 40.7 Å². The number of ether oxygens (including phenoxy) is 1. The highest BCUT2D eigenvalue weighted by molar-refractivity contribution is 7.98. The number of benzene rings is 2. The van der Waals surface area contributed by atoms with Crippen LogP contribution in [0.25, 0.3) is 11.0 Å². The molecule has 0 aliphatic heterocycles. The molecule has 8 heteroatoms. The summed E-state index contributed by atoms with van der Waals surface area (Å²) in [6.45, 7) is 6.02. The fraction of sp³-hybridized carbons (Fsp3) is 0.318. The number of aromatic amines is 1. The van der Waals surface area contributed by atoms with Gasteiger partial charge < -0.3 is 20.4 Å². The zero-order valence-corrected chi connectivity index (χ0v) is 18.1. The van der Waals surface area contributed by atoms with Crippen molar-refractivity contribution in [3.8, 4) is 0 Å². The van der Waals surface area contributed by atoms with Crippen LogP contribution < -0.4 is 10.6 Å². The first-order valence-corrected chi connectivity index (χ1v) is 10.7. The third kappa shape index (κ3) is 6.52. The molecule has 0 spiro atoms. The van der Waals surface area contributed by atoms with E-state index in [2.05, 4.69) is 20.6 Å². The molecule has 0 fully saturated rings. The van der Waals surface area contributed by atoms with E-state index in [0.717, 1.165) is 27.5 Å². The van der Waals surface area contributed by atoms with Gasteiger partial charge in [-0.2, -0.15) is 0 Å². The Morgan fingerprint density at radius 2 is 1.73 bits per heavy atom. The van der Waals surface area contributed by atoms with Crippen LogP contribution in [0.2, 0.25) is 0 Å². The number of alkyl carbamates (subject to hydrolysis) is 1. The maximum absolute atomic E-state index is 12.2. The summed E-state index contributed by atoms with van der Waals surface area (Å²) in [5, 5.41) is 6.26. The van der Waals surface area contributed by atoms with Crippen LogP contribution in [0.4, 0.5) is 4.79 Å². The number of aromatic nitrogens is 2. The molecule has 0 aliphatic rings. The Balaban J connectivity index is 1.42. The standard InChI is InChI=1S/C22H26N4O3S/c1-22(2,3)29-21(28)24-13-12-23-19(27)16-10-8-15(9-11-16)14-30-20-25-17-6-4-5-7-18(17)26-20/h4-11H,12-14H2,1-3H3,(H,23,27)(H,24,28)(H,25,26). The second-order valence-electron chi connectivity index (χ2n) is 7.73. The fourth-order valence-electron chi connectivity index (χ4n) is 2.66. The lowest BCUT2D eigenvalue weighted by atomic mass is 10.1. The van der Waals surface area contributed by atoms with Gasteiger partial charge in [0.2, 0.25) is 0 Å². The Bertz CT molecular complexity index is 976. The van der Waals surface area contributed by atoms with Gasteiger partial charge in [-0.25, -0.2) is 9.78 Å². The molecule has 1 aromatic heterocycles. The van der Waals surface area contributed by atoms with Crippen molar-refractivity contribution in [3.63, 3.8) is 0 Å². The minimum Gasteiger partial charge on any atom is -0.444 e. The van der Waals surface area contributed by atoms with Crippen molar-refractivity contribution >= 4 is 34.8 Å². The third-order valence-corrected chi connectivity index (χ3v) is 4.98. The average molecular weight is 427 g/mol. The lowest BCUT2D eigenvalue weighted by Gasteiger charge is -2.19. The summed E-state index contributed by atoms with van der Waals surface area (Å²) < 4.78 is 5.14. The van der Waals surface area contributed by atoms with Crippen LogP contribution in [0, 0.1) is 0 Å². The lowest BCUT2D eigenvalue weighted by molar-refractivity contribution is 0.0526. The number of hydrogen-bond donors (Lipinski definition) is 3. The van der Waals surface area contributed by atoms with Crippen LogP contribution in [0.15, 0.2) is 53.7 Å². The van der Waals surface area contributed by atoms with Crippen LogP contribution >= 0.6 is 11.8 Å². The van der Waals surface area contributed by atoms with Crippen molar-refractivity contribution in [1.82, 2.24) is 20.6 Å². The summed E-state index contributed by atoms with van der Waals surface area (Å²) in [4.78, 5) is 31.6. The van der Waals surface area contributed by atoms with Gasteiger partial charge in [0.05, 0.1) is 11.0 Å². The number of fused-ring (bicyclic) bond motifs is 1. The van der Waals surface area contributed by atoms with Crippen molar-refractivity contribution < 1.29 is 14.3 Å². The molecule has 0 saturated carbocycles. The van der Waals surface area contributed by atoms with Gasteiger partial charge in [0.25, 0.3) is 5.91 Å². The average Bonchev–Trinajstić information content (AvgIpc) is 3.11. The van der Waals surface area contributed by atoms with Crippen molar-refractivity contribution in [2.45, 2.75) is 37.3 Å². The van der Waals surface area contributed by atoms with Gasteiger partial charge in [0.1, 0.15) is 5.60 Å². The monoisotopic (exact) mass is 426 g/mol. The first-order chi connectivity index (χ1) is 14.3. The number of carbonyl (C=O) groups is 2. The van der Waals surface area contributed by atoms with Crippen molar-refractivity contribution in [3.05, 3.63) is 59.7 Å². The van der Waals surface area contributed by atoms with Gasteiger partial charge in [-0.15, -0.1) is 0 Å².